The van der Waals surface area contributed by atoms with Crippen LogP contribution < -0.4 is 10.6 Å². The summed E-state index contributed by atoms with van der Waals surface area (Å²) < 4.78 is 0. The van der Waals surface area contributed by atoms with Gasteiger partial charge in [0, 0.05) is 24.9 Å². The molecule has 1 amide bonds. The number of nitrogens with zero attached hydrogens (tertiary/aromatic N) is 1. The maximum absolute atomic E-state index is 10.6. The zero-order chi connectivity index (χ0) is 11.4. The van der Waals surface area contributed by atoms with Gasteiger partial charge in [-0.05, 0) is 36.6 Å². The van der Waals surface area contributed by atoms with Crippen LogP contribution in [0.3, 0.4) is 0 Å². The lowest BCUT2D eigenvalue weighted by atomic mass is 10.2. The van der Waals surface area contributed by atoms with E-state index in [-0.39, 0.29) is 0 Å². The fraction of sp³-hybridized carbons (Fsp3) is 0.308. The molecule has 1 saturated heterocycles. The van der Waals surface area contributed by atoms with Crippen LogP contribution in [-0.2, 0) is 4.79 Å². The van der Waals surface area contributed by atoms with Crippen LogP contribution in [0.2, 0.25) is 0 Å². The van der Waals surface area contributed by atoms with E-state index in [1.54, 1.807) is 6.08 Å². The van der Waals surface area contributed by atoms with Crippen LogP contribution in [0.25, 0.3) is 6.08 Å². The van der Waals surface area contributed by atoms with E-state index in [1.807, 2.05) is 12.1 Å². The van der Waals surface area contributed by atoms with Crippen molar-refractivity contribution in [2.45, 2.75) is 12.8 Å². The zero-order valence-corrected chi connectivity index (χ0v) is 9.23. The van der Waals surface area contributed by atoms with Gasteiger partial charge in [-0.1, -0.05) is 12.1 Å². The normalized spacial score (nSPS) is 15.9. The van der Waals surface area contributed by atoms with Crippen LogP contribution in [0.4, 0.5) is 5.69 Å². The van der Waals surface area contributed by atoms with Crippen molar-refractivity contribution in [3.05, 3.63) is 35.9 Å². The molecule has 0 radical (unpaired) electrons. The summed E-state index contributed by atoms with van der Waals surface area (Å²) in [4.78, 5) is 13.0. The molecule has 1 heterocycles. The molecule has 1 aromatic rings. The third kappa shape index (κ3) is 2.63. The van der Waals surface area contributed by atoms with Gasteiger partial charge in [-0.25, -0.2) is 0 Å². The molecule has 0 bridgehead atoms. The van der Waals surface area contributed by atoms with E-state index in [0.29, 0.717) is 0 Å². The van der Waals surface area contributed by atoms with Gasteiger partial charge in [-0.2, -0.15) is 0 Å². The molecule has 0 unspecified atom stereocenters. The molecule has 1 aromatic carbocycles. The van der Waals surface area contributed by atoms with Gasteiger partial charge in [-0.3, -0.25) is 4.79 Å². The second-order valence-corrected chi connectivity index (χ2v) is 4.02. The Morgan fingerprint density at radius 1 is 1.19 bits per heavy atom. The summed E-state index contributed by atoms with van der Waals surface area (Å²) >= 11 is 0. The van der Waals surface area contributed by atoms with E-state index in [0.717, 1.165) is 18.7 Å². The first kappa shape index (κ1) is 10.7. The van der Waals surface area contributed by atoms with E-state index >= 15 is 0 Å². The minimum absolute atomic E-state index is 0.413. The van der Waals surface area contributed by atoms with Gasteiger partial charge in [0.2, 0.25) is 5.91 Å². The number of amides is 1. The van der Waals surface area contributed by atoms with Crippen molar-refractivity contribution in [3.63, 3.8) is 0 Å². The quantitative estimate of drug-likeness (QED) is 0.783. The molecule has 1 aliphatic heterocycles. The van der Waals surface area contributed by atoms with E-state index < -0.39 is 5.91 Å². The summed E-state index contributed by atoms with van der Waals surface area (Å²) in [6.07, 6.45) is 5.67. The van der Waals surface area contributed by atoms with Crippen LogP contribution in [0.15, 0.2) is 30.3 Å². The van der Waals surface area contributed by atoms with Gasteiger partial charge in [0.05, 0.1) is 0 Å². The van der Waals surface area contributed by atoms with Crippen molar-refractivity contribution >= 4 is 17.7 Å². The third-order valence-corrected chi connectivity index (χ3v) is 2.80. The molecule has 2 rings (SSSR count). The summed E-state index contributed by atoms with van der Waals surface area (Å²) in [6.45, 7) is 2.30. The number of hydrogen-bond acceptors (Lipinski definition) is 2. The average molecular weight is 216 g/mol. The highest BCUT2D eigenvalue weighted by Crippen LogP contribution is 2.20. The van der Waals surface area contributed by atoms with E-state index in [9.17, 15) is 4.79 Å². The molecular formula is C13H16N2O. The molecule has 2 N–H and O–H groups in total. The second-order valence-electron chi connectivity index (χ2n) is 4.02. The largest absolute Gasteiger partial charge is 0.372 e. The van der Waals surface area contributed by atoms with Gasteiger partial charge in [0.1, 0.15) is 0 Å². The van der Waals surface area contributed by atoms with Crippen LogP contribution in [-0.4, -0.2) is 19.0 Å². The summed E-state index contributed by atoms with van der Waals surface area (Å²) in [7, 11) is 0. The Bertz CT molecular complexity index is 389. The molecule has 0 aliphatic carbocycles. The van der Waals surface area contributed by atoms with Crippen LogP contribution in [0, 0.1) is 0 Å². The van der Waals surface area contributed by atoms with Crippen LogP contribution in [0.1, 0.15) is 18.4 Å². The lowest BCUT2D eigenvalue weighted by Crippen LogP contribution is -2.17. The molecule has 3 heteroatoms. The van der Waals surface area contributed by atoms with Crippen LogP contribution >= 0.6 is 0 Å². The Labute approximate surface area is 95.6 Å². The summed E-state index contributed by atoms with van der Waals surface area (Å²) in [6, 6.07) is 8.19. The first-order valence-corrected chi connectivity index (χ1v) is 5.58. The first-order chi connectivity index (χ1) is 7.75. The van der Waals surface area contributed by atoms with Crippen molar-refractivity contribution in [1.29, 1.82) is 0 Å². The predicted octanol–water partition coefficient (Wildman–Crippen LogP) is 1.79. The number of carbonyl (C=O) groups excluding carboxylic acids is 1. The Balaban J connectivity index is 2.06. The minimum Gasteiger partial charge on any atom is -0.372 e. The summed E-state index contributed by atoms with van der Waals surface area (Å²) in [5.74, 6) is -0.413. The number of hydrogen-bond donors (Lipinski definition) is 1. The van der Waals surface area contributed by atoms with Crippen LogP contribution in [0.5, 0.6) is 0 Å². The van der Waals surface area contributed by atoms with Gasteiger partial charge in [-0.15, -0.1) is 0 Å². The topological polar surface area (TPSA) is 46.3 Å². The predicted molar refractivity (Wildman–Crippen MR) is 66.1 cm³/mol. The third-order valence-electron chi connectivity index (χ3n) is 2.80. The highest BCUT2D eigenvalue weighted by molar-refractivity contribution is 5.90. The first-order valence-electron chi connectivity index (χ1n) is 5.58. The van der Waals surface area contributed by atoms with Gasteiger partial charge < -0.3 is 10.6 Å². The molecule has 0 spiro atoms. The molecule has 84 valence electrons. The van der Waals surface area contributed by atoms with Crippen molar-refractivity contribution < 1.29 is 4.79 Å². The fourth-order valence-electron chi connectivity index (χ4n) is 1.95. The molecular weight excluding hydrogens is 200 g/mol. The number of anilines is 1. The molecule has 0 aromatic heterocycles. The lowest BCUT2D eigenvalue weighted by Gasteiger charge is -2.17. The Hall–Kier alpha value is -1.77. The van der Waals surface area contributed by atoms with Crippen molar-refractivity contribution in [2.75, 3.05) is 18.0 Å². The zero-order valence-electron chi connectivity index (χ0n) is 9.23. The Kier molecular flexibility index (Phi) is 3.25. The second kappa shape index (κ2) is 4.84. The number of nitrogens with two attached hydrogens (primary N) is 1. The van der Waals surface area contributed by atoms with Crippen molar-refractivity contribution in [1.82, 2.24) is 0 Å². The molecule has 0 atom stereocenters. The standard InChI is InChI=1S/C13H16N2O/c14-13(16)8-5-11-3-6-12(7-4-11)15-9-1-2-10-15/h3-8H,1-2,9-10H2,(H2,14,16)/b8-5+. The van der Waals surface area contributed by atoms with Gasteiger partial charge in [0.15, 0.2) is 0 Å². The minimum atomic E-state index is -0.413. The van der Waals surface area contributed by atoms with Crippen molar-refractivity contribution in [2.24, 2.45) is 5.73 Å². The Morgan fingerprint density at radius 2 is 1.81 bits per heavy atom. The van der Waals surface area contributed by atoms with E-state index in [4.69, 9.17) is 5.73 Å². The highest BCUT2D eigenvalue weighted by atomic mass is 16.1. The van der Waals surface area contributed by atoms with E-state index in [2.05, 4.69) is 17.0 Å². The van der Waals surface area contributed by atoms with E-state index in [1.165, 1.54) is 24.6 Å². The maximum atomic E-state index is 10.6. The number of primary amides is 1. The number of benzene rings is 1. The number of carbonyl (C=O) groups is 1. The highest BCUT2D eigenvalue weighted by Gasteiger charge is 2.11. The van der Waals surface area contributed by atoms with Gasteiger partial charge in [0.25, 0.3) is 0 Å². The average Bonchev–Trinajstić information content (AvgIpc) is 2.80. The fourth-order valence-corrected chi connectivity index (χ4v) is 1.95. The molecule has 16 heavy (non-hydrogen) atoms. The molecule has 1 aliphatic rings. The molecule has 1 fully saturated rings. The summed E-state index contributed by atoms with van der Waals surface area (Å²) in [5, 5.41) is 0. The lowest BCUT2D eigenvalue weighted by molar-refractivity contribution is -0.113. The summed E-state index contributed by atoms with van der Waals surface area (Å²) in [5.41, 5.74) is 7.30. The maximum Gasteiger partial charge on any atom is 0.241 e. The Morgan fingerprint density at radius 3 is 2.38 bits per heavy atom. The SMILES string of the molecule is NC(=O)/C=C/c1ccc(N2CCCC2)cc1. The smallest absolute Gasteiger partial charge is 0.241 e. The molecule has 0 saturated carbocycles. The van der Waals surface area contributed by atoms with Crippen molar-refractivity contribution in [3.8, 4) is 0 Å². The number of rotatable bonds is 3. The van der Waals surface area contributed by atoms with Gasteiger partial charge >= 0.3 is 0 Å². The monoisotopic (exact) mass is 216 g/mol. The molecule has 3 nitrogen and oxygen atoms in total.